The molecule has 0 fully saturated rings. The molecule has 0 saturated carbocycles. The first-order chi connectivity index (χ1) is 5.75. The molecule has 0 aromatic heterocycles. The van der Waals surface area contributed by atoms with Gasteiger partial charge in [-0.25, -0.2) is 0 Å². The molecule has 0 amide bonds. The highest BCUT2D eigenvalue weighted by Crippen LogP contribution is 2.17. The third-order valence-electron chi connectivity index (χ3n) is 1.47. The van der Waals surface area contributed by atoms with E-state index in [-0.39, 0.29) is 0 Å². The second-order valence-corrected chi connectivity index (χ2v) is 3.92. The van der Waals surface area contributed by atoms with Crippen LogP contribution in [-0.4, -0.2) is 16.9 Å². The Balaban J connectivity index is 2.79. The van der Waals surface area contributed by atoms with Crippen LogP contribution in [0.3, 0.4) is 0 Å². The highest BCUT2D eigenvalue weighted by molar-refractivity contribution is 7.91. The minimum Gasteiger partial charge on any atom is -0.611 e. The number of nitrogen functional groups attached to an aromatic ring is 1. The fourth-order valence-electron chi connectivity index (χ4n) is 0.905. The van der Waals surface area contributed by atoms with Crippen LogP contribution >= 0.6 is 0 Å². The smallest absolute Gasteiger partial charge is 0.175 e. The van der Waals surface area contributed by atoms with E-state index in [1.807, 2.05) is 12.1 Å². The van der Waals surface area contributed by atoms with E-state index in [0.717, 1.165) is 0 Å². The van der Waals surface area contributed by atoms with Crippen LogP contribution in [0.15, 0.2) is 29.2 Å². The quantitative estimate of drug-likeness (QED) is 0.525. The molecule has 3 nitrogen and oxygen atoms in total. The lowest BCUT2D eigenvalue weighted by atomic mass is 10.3. The number of benzene rings is 1. The van der Waals surface area contributed by atoms with E-state index >= 15 is 0 Å². The van der Waals surface area contributed by atoms with Gasteiger partial charge in [-0.15, -0.1) is 0 Å². The minimum atomic E-state index is -1.05. The van der Waals surface area contributed by atoms with Gasteiger partial charge in [0.1, 0.15) is 5.75 Å². The summed E-state index contributed by atoms with van der Waals surface area (Å²) >= 11 is -1.05. The van der Waals surface area contributed by atoms with Crippen molar-refractivity contribution in [3.63, 3.8) is 0 Å². The predicted octanol–water partition coefficient (Wildman–Crippen LogP) is 0.335. The minimum absolute atomic E-state index is 0.418. The molecule has 0 radical (unpaired) electrons. The monoisotopic (exact) mass is 184 g/mol. The van der Waals surface area contributed by atoms with Crippen LogP contribution in [0.1, 0.15) is 0 Å². The van der Waals surface area contributed by atoms with Gasteiger partial charge in [-0.1, -0.05) is 12.1 Å². The molecule has 4 heteroatoms. The number of rotatable bonds is 3. The molecule has 0 aliphatic carbocycles. The average Bonchev–Trinajstić information content (AvgIpc) is 2.05. The van der Waals surface area contributed by atoms with Gasteiger partial charge in [0.05, 0.1) is 5.69 Å². The highest BCUT2D eigenvalue weighted by Gasteiger charge is 2.11. The zero-order valence-electron chi connectivity index (χ0n) is 6.69. The van der Waals surface area contributed by atoms with Crippen molar-refractivity contribution < 1.29 is 4.55 Å². The maximum absolute atomic E-state index is 11.4. The molecule has 12 heavy (non-hydrogen) atoms. The lowest BCUT2D eigenvalue weighted by Crippen LogP contribution is -2.16. The molecule has 1 rings (SSSR count). The molecule has 1 unspecified atom stereocenters. The topological polar surface area (TPSA) is 75.1 Å². The summed E-state index contributed by atoms with van der Waals surface area (Å²) in [6, 6.07) is 7.14. The Morgan fingerprint density at radius 1 is 1.33 bits per heavy atom. The molecule has 1 aromatic rings. The fraction of sp³-hybridized carbons (Fsp3) is 0.250. The Bertz CT molecular complexity index is 255. The van der Waals surface area contributed by atoms with Crippen LogP contribution in [-0.2, 0) is 11.2 Å². The van der Waals surface area contributed by atoms with Crippen LogP contribution in [0.2, 0.25) is 0 Å². The molecular weight excluding hydrogens is 172 g/mol. The van der Waals surface area contributed by atoms with E-state index < -0.39 is 11.2 Å². The van der Waals surface area contributed by atoms with Crippen LogP contribution < -0.4 is 11.5 Å². The fourth-order valence-corrected chi connectivity index (χ4v) is 1.90. The summed E-state index contributed by atoms with van der Waals surface area (Å²) in [6.45, 7) is 0.418. The van der Waals surface area contributed by atoms with E-state index in [2.05, 4.69) is 0 Å². The van der Waals surface area contributed by atoms with Crippen molar-refractivity contribution in [2.45, 2.75) is 4.90 Å². The Morgan fingerprint density at radius 2 is 2.00 bits per heavy atom. The Hall–Kier alpha value is -0.710. The number of hydrogen-bond donors (Lipinski definition) is 2. The number of nitrogens with two attached hydrogens (primary N) is 2. The maximum atomic E-state index is 11.4. The molecular formula is C8H12N2OS. The van der Waals surface area contributed by atoms with Crippen molar-refractivity contribution in [1.82, 2.24) is 0 Å². The van der Waals surface area contributed by atoms with E-state index in [1.165, 1.54) is 0 Å². The standard InChI is InChI=1S/C8H12N2OS/c9-5-6-12(11)8-4-2-1-3-7(8)10/h1-4H,5-6,9-10H2. The van der Waals surface area contributed by atoms with Crippen LogP contribution in [0.25, 0.3) is 0 Å². The van der Waals surface area contributed by atoms with E-state index in [9.17, 15) is 4.55 Å². The molecule has 1 atom stereocenters. The van der Waals surface area contributed by atoms with Crippen LogP contribution in [0.5, 0.6) is 0 Å². The normalized spacial score (nSPS) is 12.8. The average molecular weight is 184 g/mol. The van der Waals surface area contributed by atoms with Gasteiger partial charge >= 0.3 is 0 Å². The molecule has 66 valence electrons. The molecule has 0 aliphatic rings. The van der Waals surface area contributed by atoms with Crippen LogP contribution in [0.4, 0.5) is 5.69 Å². The summed E-state index contributed by atoms with van der Waals surface area (Å²) in [5.41, 5.74) is 11.5. The summed E-state index contributed by atoms with van der Waals surface area (Å²) < 4.78 is 11.4. The Labute approximate surface area is 74.9 Å². The molecule has 0 heterocycles. The molecule has 1 aromatic carbocycles. The van der Waals surface area contributed by atoms with E-state index in [4.69, 9.17) is 11.5 Å². The maximum Gasteiger partial charge on any atom is 0.175 e. The van der Waals surface area contributed by atoms with Crippen molar-refractivity contribution in [3.05, 3.63) is 24.3 Å². The summed E-state index contributed by atoms with van der Waals surface area (Å²) in [6.07, 6.45) is 0. The second-order valence-electron chi connectivity index (χ2n) is 2.38. The van der Waals surface area contributed by atoms with Crippen molar-refractivity contribution in [2.24, 2.45) is 5.73 Å². The van der Waals surface area contributed by atoms with Gasteiger partial charge in [-0.2, -0.15) is 0 Å². The van der Waals surface area contributed by atoms with Crippen molar-refractivity contribution in [3.8, 4) is 0 Å². The highest BCUT2D eigenvalue weighted by atomic mass is 32.2. The predicted molar refractivity (Wildman–Crippen MR) is 51.2 cm³/mol. The number of para-hydroxylation sites is 1. The SMILES string of the molecule is NCC[S+]([O-])c1ccccc1N. The second kappa shape index (κ2) is 4.35. The van der Waals surface area contributed by atoms with E-state index in [1.54, 1.807) is 12.1 Å². The number of anilines is 1. The Morgan fingerprint density at radius 3 is 2.58 bits per heavy atom. The third-order valence-corrected chi connectivity index (χ3v) is 2.94. The first-order valence-electron chi connectivity index (χ1n) is 3.68. The zero-order valence-corrected chi connectivity index (χ0v) is 7.51. The van der Waals surface area contributed by atoms with Crippen molar-refractivity contribution >= 4 is 16.9 Å². The van der Waals surface area contributed by atoms with E-state index in [0.29, 0.717) is 22.9 Å². The molecule has 4 N–H and O–H groups in total. The van der Waals surface area contributed by atoms with Gasteiger partial charge in [0.2, 0.25) is 0 Å². The van der Waals surface area contributed by atoms with Gasteiger partial charge in [0.15, 0.2) is 4.90 Å². The third kappa shape index (κ3) is 2.14. The summed E-state index contributed by atoms with van der Waals surface area (Å²) in [4.78, 5) is 0.683. The molecule has 0 spiro atoms. The molecule has 0 bridgehead atoms. The first kappa shape index (κ1) is 9.38. The van der Waals surface area contributed by atoms with Crippen molar-refractivity contribution in [1.29, 1.82) is 0 Å². The summed E-state index contributed by atoms with van der Waals surface area (Å²) in [5.74, 6) is 0.466. The molecule has 0 saturated heterocycles. The zero-order chi connectivity index (χ0) is 8.97. The van der Waals surface area contributed by atoms with Gasteiger partial charge in [-0.05, 0) is 23.3 Å². The van der Waals surface area contributed by atoms with Gasteiger partial charge < -0.3 is 16.0 Å². The number of hydrogen-bond acceptors (Lipinski definition) is 3. The largest absolute Gasteiger partial charge is 0.611 e. The summed E-state index contributed by atoms with van der Waals surface area (Å²) in [5, 5.41) is 0. The lowest BCUT2D eigenvalue weighted by molar-refractivity contribution is 0.595. The first-order valence-corrected chi connectivity index (χ1v) is 5.00. The molecule has 0 aliphatic heterocycles. The summed E-state index contributed by atoms with van der Waals surface area (Å²) in [7, 11) is 0. The van der Waals surface area contributed by atoms with Gasteiger partial charge in [-0.3, -0.25) is 0 Å². The van der Waals surface area contributed by atoms with Gasteiger partial charge in [0.25, 0.3) is 0 Å². The van der Waals surface area contributed by atoms with Crippen LogP contribution in [0, 0.1) is 0 Å². The lowest BCUT2D eigenvalue weighted by Gasteiger charge is -2.10. The van der Waals surface area contributed by atoms with Gasteiger partial charge in [0, 0.05) is 6.54 Å². The Kier molecular flexibility index (Phi) is 3.40. The van der Waals surface area contributed by atoms with Crippen molar-refractivity contribution in [2.75, 3.05) is 18.0 Å².